The molecule has 3 rings (SSSR count). The summed E-state index contributed by atoms with van der Waals surface area (Å²) in [7, 11) is 0. The Bertz CT molecular complexity index is 386. The molecule has 0 spiro atoms. The van der Waals surface area contributed by atoms with Crippen LogP contribution in [0.25, 0.3) is 0 Å². The van der Waals surface area contributed by atoms with Crippen molar-refractivity contribution in [3.05, 3.63) is 29.3 Å². The Hall–Kier alpha value is -1.06. The summed E-state index contributed by atoms with van der Waals surface area (Å²) in [5.41, 5.74) is 4.25. The van der Waals surface area contributed by atoms with E-state index in [0.717, 1.165) is 39.1 Å². The first kappa shape index (κ1) is 11.1. The number of anilines is 1. The SMILES string of the molecule is c1cc2c(c(CNC3CCOCC3)c1)NCC2. The highest BCUT2D eigenvalue weighted by Gasteiger charge is 2.16. The third-order valence-electron chi connectivity index (χ3n) is 3.74. The molecule has 0 radical (unpaired) electrons. The van der Waals surface area contributed by atoms with Crippen LogP contribution < -0.4 is 10.6 Å². The van der Waals surface area contributed by atoms with Gasteiger partial charge in [0.05, 0.1) is 0 Å². The lowest BCUT2D eigenvalue weighted by Crippen LogP contribution is -2.34. The third kappa shape index (κ3) is 2.45. The maximum atomic E-state index is 5.37. The van der Waals surface area contributed by atoms with Gasteiger partial charge >= 0.3 is 0 Å². The fourth-order valence-electron chi connectivity index (χ4n) is 2.71. The molecular formula is C14H20N2O. The first-order valence-electron chi connectivity index (χ1n) is 6.59. The van der Waals surface area contributed by atoms with E-state index in [-0.39, 0.29) is 0 Å². The molecule has 3 nitrogen and oxygen atoms in total. The largest absolute Gasteiger partial charge is 0.384 e. The normalized spacial score (nSPS) is 20.0. The molecule has 1 aromatic carbocycles. The lowest BCUT2D eigenvalue weighted by molar-refractivity contribution is 0.0776. The number of ether oxygens (including phenoxy) is 1. The van der Waals surface area contributed by atoms with E-state index in [9.17, 15) is 0 Å². The highest BCUT2D eigenvalue weighted by molar-refractivity contribution is 5.61. The number of hydrogen-bond donors (Lipinski definition) is 2. The average Bonchev–Trinajstić information content (AvgIpc) is 2.86. The molecule has 17 heavy (non-hydrogen) atoms. The van der Waals surface area contributed by atoms with Crippen LogP contribution in [0, 0.1) is 0 Å². The van der Waals surface area contributed by atoms with E-state index in [1.54, 1.807) is 0 Å². The first-order chi connectivity index (χ1) is 8.43. The number of benzene rings is 1. The molecule has 1 fully saturated rings. The smallest absolute Gasteiger partial charge is 0.0480 e. The molecule has 0 bridgehead atoms. The zero-order chi connectivity index (χ0) is 11.5. The van der Waals surface area contributed by atoms with Gasteiger partial charge in [-0.15, -0.1) is 0 Å². The number of rotatable bonds is 3. The highest BCUT2D eigenvalue weighted by atomic mass is 16.5. The molecule has 92 valence electrons. The van der Waals surface area contributed by atoms with Gasteiger partial charge < -0.3 is 15.4 Å². The van der Waals surface area contributed by atoms with E-state index in [4.69, 9.17) is 4.74 Å². The molecule has 2 heterocycles. The zero-order valence-electron chi connectivity index (χ0n) is 10.2. The lowest BCUT2D eigenvalue weighted by Gasteiger charge is -2.23. The average molecular weight is 232 g/mol. The summed E-state index contributed by atoms with van der Waals surface area (Å²) in [5, 5.41) is 7.14. The summed E-state index contributed by atoms with van der Waals surface area (Å²) in [6.07, 6.45) is 3.45. The fraction of sp³-hybridized carbons (Fsp3) is 0.571. The van der Waals surface area contributed by atoms with Gasteiger partial charge in [0.25, 0.3) is 0 Å². The molecule has 0 amide bonds. The van der Waals surface area contributed by atoms with Crippen LogP contribution in [0.15, 0.2) is 18.2 Å². The molecule has 0 unspecified atom stereocenters. The van der Waals surface area contributed by atoms with Gasteiger partial charge in [-0.3, -0.25) is 0 Å². The number of nitrogens with one attached hydrogen (secondary N) is 2. The zero-order valence-corrected chi connectivity index (χ0v) is 10.2. The van der Waals surface area contributed by atoms with Crippen molar-refractivity contribution in [2.75, 3.05) is 25.1 Å². The van der Waals surface area contributed by atoms with E-state index < -0.39 is 0 Å². The first-order valence-corrected chi connectivity index (χ1v) is 6.59. The molecule has 0 saturated carbocycles. The van der Waals surface area contributed by atoms with Crippen LogP contribution in [0.2, 0.25) is 0 Å². The van der Waals surface area contributed by atoms with Crippen LogP contribution in [-0.4, -0.2) is 25.8 Å². The van der Waals surface area contributed by atoms with Crippen molar-refractivity contribution >= 4 is 5.69 Å². The van der Waals surface area contributed by atoms with Crippen molar-refractivity contribution in [2.45, 2.75) is 31.8 Å². The molecule has 3 heteroatoms. The third-order valence-corrected chi connectivity index (χ3v) is 3.74. The molecule has 0 aliphatic carbocycles. The van der Waals surface area contributed by atoms with Crippen LogP contribution >= 0.6 is 0 Å². The van der Waals surface area contributed by atoms with E-state index >= 15 is 0 Å². The molecule has 1 aromatic rings. The second-order valence-corrected chi connectivity index (χ2v) is 4.90. The van der Waals surface area contributed by atoms with Crippen LogP contribution in [-0.2, 0) is 17.7 Å². The molecule has 2 aliphatic rings. The van der Waals surface area contributed by atoms with Gasteiger partial charge in [0.15, 0.2) is 0 Å². The maximum absolute atomic E-state index is 5.37. The minimum absolute atomic E-state index is 0.626. The van der Waals surface area contributed by atoms with Crippen LogP contribution in [0.3, 0.4) is 0 Å². The van der Waals surface area contributed by atoms with Gasteiger partial charge in [0.1, 0.15) is 0 Å². The standard InChI is InChI=1S/C14H20N2O/c1-2-11-4-7-15-14(11)12(3-1)10-16-13-5-8-17-9-6-13/h1-3,13,15-16H,4-10H2. The van der Waals surface area contributed by atoms with Gasteiger partial charge in [-0.05, 0) is 30.4 Å². The van der Waals surface area contributed by atoms with E-state index in [0.29, 0.717) is 6.04 Å². The predicted molar refractivity (Wildman–Crippen MR) is 69.3 cm³/mol. The van der Waals surface area contributed by atoms with Crippen molar-refractivity contribution in [3.63, 3.8) is 0 Å². The lowest BCUT2D eigenvalue weighted by atomic mass is 10.1. The quantitative estimate of drug-likeness (QED) is 0.835. The molecular weight excluding hydrogens is 212 g/mol. The minimum Gasteiger partial charge on any atom is -0.384 e. The Morgan fingerprint density at radius 1 is 1.29 bits per heavy atom. The Balaban J connectivity index is 1.63. The predicted octanol–water partition coefficient (Wildman–Crippen LogP) is 1.92. The summed E-state index contributed by atoms with van der Waals surface area (Å²) in [6.45, 7) is 3.87. The molecule has 0 aromatic heterocycles. The molecule has 2 aliphatic heterocycles. The van der Waals surface area contributed by atoms with Crippen molar-refractivity contribution in [1.29, 1.82) is 0 Å². The van der Waals surface area contributed by atoms with Gasteiger partial charge in [-0.25, -0.2) is 0 Å². The number of fused-ring (bicyclic) bond motifs is 1. The summed E-state index contributed by atoms with van der Waals surface area (Å²) in [5.74, 6) is 0. The van der Waals surface area contributed by atoms with Gasteiger partial charge in [0.2, 0.25) is 0 Å². The number of para-hydroxylation sites is 1. The summed E-state index contributed by atoms with van der Waals surface area (Å²) >= 11 is 0. The van der Waals surface area contributed by atoms with Crippen LogP contribution in [0.5, 0.6) is 0 Å². The second-order valence-electron chi connectivity index (χ2n) is 4.90. The molecule has 2 N–H and O–H groups in total. The minimum atomic E-state index is 0.626. The van der Waals surface area contributed by atoms with Gasteiger partial charge in [-0.1, -0.05) is 18.2 Å². The van der Waals surface area contributed by atoms with Gasteiger partial charge in [0, 0.05) is 38.0 Å². The monoisotopic (exact) mass is 232 g/mol. The number of hydrogen-bond acceptors (Lipinski definition) is 3. The van der Waals surface area contributed by atoms with Crippen molar-refractivity contribution in [1.82, 2.24) is 5.32 Å². The van der Waals surface area contributed by atoms with Crippen molar-refractivity contribution in [3.8, 4) is 0 Å². The van der Waals surface area contributed by atoms with E-state index in [1.807, 2.05) is 0 Å². The Kier molecular flexibility index (Phi) is 3.29. The summed E-state index contributed by atoms with van der Waals surface area (Å²) in [4.78, 5) is 0. The van der Waals surface area contributed by atoms with Crippen LogP contribution in [0.4, 0.5) is 5.69 Å². The van der Waals surface area contributed by atoms with E-state index in [2.05, 4.69) is 28.8 Å². The topological polar surface area (TPSA) is 33.3 Å². The highest BCUT2D eigenvalue weighted by Crippen LogP contribution is 2.26. The Morgan fingerprint density at radius 2 is 2.18 bits per heavy atom. The molecule has 0 atom stereocenters. The second kappa shape index (κ2) is 5.07. The fourth-order valence-corrected chi connectivity index (χ4v) is 2.71. The molecule has 1 saturated heterocycles. The van der Waals surface area contributed by atoms with Gasteiger partial charge in [-0.2, -0.15) is 0 Å². The van der Waals surface area contributed by atoms with Crippen molar-refractivity contribution in [2.24, 2.45) is 0 Å². The van der Waals surface area contributed by atoms with Crippen molar-refractivity contribution < 1.29 is 4.74 Å². The Labute approximate surface area is 103 Å². The Morgan fingerprint density at radius 3 is 3.06 bits per heavy atom. The summed E-state index contributed by atoms with van der Waals surface area (Å²) in [6, 6.07) is 7.25. The maximum Gasteiger partial charge on any atom is 0.0480 e. The van der Waals surface area contributed by atoms with E-state index in [1.165, 1.54) is 23.2 Å². The van der Waals surface area contributed by atoms with Crippen LogP contribution in [0.1, 0.15) is 24.0 Å². The summed E-state index contributed by atoms with van der Waals surface area (Å²) < 4.78 is 5.37.